The highest BCUT2D eigenvalue weighted by Crippen LogP contribution is 2.23. The molecular weight excluding hydrogens is 279 g/mol. The van der Waals surface area contributed by atoms with Gasteiger partial charge in [-0.25, -0.2) is 13.2 Å². The Hall–Kier alpha value is -1.56. The van der Waals surface area contributed by atoms with Crippen LogP contribution in [0.4, 0.5) is 13.2 Å². The maximum atomic E-state index is 13.2. The summed E-state index contributed by atoms with van der Waals surface area (Å²) in [5.74, 6) is -3.09. The summed E-state index contributed by atoms with van der Waals surface area (Å²) in [7, 11) is 0. The van der Waals surface area contributed by atoms with Crippen molar-refractivity contribution in [3.8, 4) is 11.4 Å². The van der Waals surface area contributed by atoms with E-state index in [9.17, 15) is 13.2 Å². The molecule has 0 saturated heterocycles. The number of aromatic nitrogens is 3. The predicted octanol–water partition coefficient (Wildman–Crippen LogP) is 3.51. The Morgan fingerprint density at radius 1 is 1.16 bits per heavy atom. The van der Waals surface area contributed by atoms with Gasteiger partial charge in [-0.05, 0) is 18.6 Å². The van der Waals surface area contributed by atoms with Crippen LogP contribution in [-0.4, -0.2) is 14.8 Å². The lowest BCUT2D eigenvalue weighted by Gasteiger charge is -2.08. The average Bonchev–Trinajstić information content (AvgIpc) is 2.79. The Morgan fingerprint density at radius 2 is 1.79 bits per heavy atom. The molecule has 1 aromatic heterocycles. The van der Waals surface area contributed by atoms with Gasteiger partial charge in [0, 0.05) is 12.1 Å². The number of rotatable bonds is 4. The molecule has 102 valence electrons. The van der Waals surface area contributed by atoms with Crippen LogP contribution >= 0.6 is 11.6 Å². The Balaban J connectivity index is 2.55. The zero-order chi connectivity index (χ0) is 14.0. The highest BCUT2D eigenvalue weighted by Gasteiger charge is 2.17. The van der Waals surface area contributed by atoms with Crippen molar-refractivity contribution in [3.63, 3.8) is 0 Å². The van der Waals surface area contributed by atoms with Gasteiger partial charge in [-0.15, -0.1) is 21.8 Å². The predicted molar refractivity (Wildman–Crippen MR) is 65.2 cm³/mol. The van der Waals surface area contributed by atoms with Crippen molar-refractivity contribution in [1.29, 1.82) is 0 Å². The zero-order valence-corrected chi connectivity index (χ0v) is 10.9. The summed E-state index contributed by atoms with van der Waals surface area (Å²) < 4.78 is 41.1. The van der Waals surface area contributed by atoms with E-state index in [1.807, 2.05) is 6.92 Å². The molecule has 0 aliphatic carbocycles. The topological polar surface area (TPSA) is 30.7 Å². The second kappa shape index (κ2) is 5.61. The fourth-order valence-electron chi connectivity index (χ4n) is 1.79. The lowest BCUT2D eigenvalue weighted by molar-refractivity contribution is 0.447. The number of benzene rings is 1. The first-order chi connectivity index (χ1) is 9.08. The Bertz CT molecular complexity index is 575. The van der Waals surface area contributed by atoms with Crippen LogP contribution in [-0.2, 0) is 12.4 Å². The van der Waals surface area contributed by atoms with Crippen molar-refractivity contribution >= 4 is 11.6 Å². The Kier molecular flexibility index (Phi) is 4.09. The van der Waals surface area contributed by atoms with Crippen LogP contribution in [0.25, 0.3) is 11.4 Å². The van der Waals surface area contributed by atoms with Gasteiger partial charge in [0.05, 0.1) is 5.88 Å². The van der Waals surface area contributed by atoms with Crippen LogP contribution in [0.15, 0.2) is 12.1 Å². The summed E-state index contributed by atoms with van der Waals surface area (Å²) in [6, 6.07) is 1.79. The van der Waals surface area contributed by atoms with E-state index in [2.05, 4.69) is 10.2 Å². The van der Waals surface area contributed by atoms with E-state index in [-0.39, 0.29) is 17.3 Å². The summed E-state index contributed by atoms with van der Waals surface area (Å²) >= 11 is 5.72. The molecule has 0 atom stereocenters. The van der Waals surface area contributed by atoms with Crippen LogP contribution in [0.1, 0.15) is 19.2 Å². The second-order valence-electron chi connectivity index (χ2n) is 3.98. The van der Waals surface area contributed by atoms with Gasteiger partial charge in [0.1, 0.15) is 5.82 Å². The number of hydrogen-bond acceptors (Lipinski definition) is 2. The molecule has 1 aromatic carbocycles. The average molecular weight is 290 g/mol. The van der Waals surface area contributed by atoms with E-state index < -0.39 is 17.5 Å². The maximum absolute atomic E-state index is 13.2. The van der Waals surface area contributed by atoms with Gasteiger partial charge in [-0.3, -0.25) is 0 Å². The number of nitrogens with zero attached hydrogens (tertiary/aromatic N) is 3. The molecule has 2 rings (SSSR count). The number of hydrogen-bond donors (Lipinski definition) is 0. The van der Waals surface area contributed by atoms with E-state index in [0.717, 1.165) is 18.6 Å². The molecule has 0 N–H and O–H groups in total. The van der Waals surface area contributed by atoms with Crippen molar-refractivity contribution in [3.05, 3.63) is 35.4 Å². The largest absolute Gasteiger partial charge is 0.310 e. The van der Waals surface area contributed by atoms with Crippen molar-refractivity contribution in [2.45, 2.75) is 25.8 Å². The van der Waals surface area contributed by atoms with Gasteiger partial charge < -0.3 is 4.57 Å². The lowest BCUT2D eigenvalue weighted by atomic mass is 10.2. The van der Waals surface area contributed by atoms with Gasteiger partial charge in [-0.2, -0.15) is 0 Å². The molecule has 0 spiro atoms. The quantitative estimate of drug-likeness (QED) is 0.637. The van der Waals surface area contributed by atoms with E-state index in [1.165, 1.54) is 0 Å². The number of alkyl halides is 1. The number of halogens is 4. The Labute approximate surface area is 113 Å². The fraction of sp³-hybridized carbons (Fsp3) is 0.333. The van der Waals surface area contributed by atoms with Gasteiger partial charge in [-0.1, -0.05) is 6.92 Å². The summed E-state index contributed by atoms with van der Waals surface area (Å²) in [4.78, 5) is 0. The lowest BCUT2D eigenvalue weighted by Crippen LogP contribution is -2.04. The molecular formula is C12H11ClF3N3. The minimum Gasteiger partial charge on any atom is -0.310 e. The molecule has 2 aromatic rings. The smallest absolute Gasteiger partial charge is 0.194 e. The van der Waals surface area contributed by atoms with E-state index in [4.69, 9.17) is 11.6 Å². The summed E-state index contributed by atoms with van der Waals surface area (Å²) in [6.45, 7) is 2.50. The molecule has 0 amide bonds. The molecule has 0 saturated carbocycles. The van der Waals surface area contributed by atoms with Crippen molar-refractivity contribution in [1.82, 2.24) is 14.8 Å². The first-order valence-electron chi connectivity index (χ1n) is 5.71. The van der Waals surface area contributed by atoms with E-state index >= 15 is 0 Å². The summed E-state index contributed by atoms with van der Waals surface area (Å²) in [6.07, 6.45) is 0.779. The third-order valence-corrected chi connectivity index (χ3v) is 2.88. The van der Waals surface area contributed by atoms with E-state index in [0.29, 0.717) is 12.4 Å². The van der Waals surface area contributed by atoms with Crippen LogP contribution in [0.3, 0.4) is 0 Å². The molecule has 0 bridgehead atoms. The normalized spacial score (nSPS) is 11.0. The summed E-state index contributed by atoms with van der Waals surface area (Å²) in [5, 5.41) is 7.71. The maximum Gasteiger partial charge on any atom is 0.194 e. The molecule has 1 heterocycles. The molecule has 0 fully saturated rings. The molecule has 19 heavy (non-hydrogen) atoms. The third kappa shape index (κ3) is 2.58. The minimum absolute atomic E-state index is 0.133. The van der Waals surface area contributed by atoms with Crippen LogP contribution < -0.4 is 0 Å². The van der Waals surface area contributed by atoms with Crippen LogP contribution in [0.2, 0.25) is 0 Å². The third-order valence-electron chi connectivity index (χ3n) is 2.64. The molecule has 0 aliphatic heterocycles. The molecule has 3 nitrogen and oxygen atoms in total. The SMILES string of the molecule is CCCn1c(CCl)nnc1-c1cc(F)c(F)c(F)c1. The van der Waals surface area contributed by atoms with Crippen molar-refractivity contribution < 1.29 is 13.2 Å². The highest BCUT2D eigenvalue weighted by atomic mass is 35.5. The second-order valence-corrected chi connectivity index (χ2v) is 4.25. The Morgan fingerprint density at radius 3 is 2.32 bits per heavy atom. The van der Waals surface area contributed by atoms with Crippen molar-refractivity contribution in [2.75, 3.05) is 0 Å². The van der Waals surface area contributed by atoms with Gasteiger partial charge in [0.25, 0.3) is 0 Å². The van der Waals surface area contributed by atoms with Crippen LogP contribution in [0, 0.1) is 17.5 Å². The minimum atomic E-state index is -1.50. The van der Waals surface area contributed by atoms with Gasteiger partial charge in [0.2, 0.25) is 0 Å². The fourth-order valence-corrected chi connectivity index (χ4v) is 1.99. The standard InChI is InChI=1S/C12H11ClF3N3/c1-2-3-19-10(6-13)17-18-12(19)7-4-8(14)11(16)9(15)5-7/h4-5H,2-3,6H2,1H3. The van der Waals surface area contributed by atoms with Crippen LogP contribution in [0.5, 0.6) is 0 Å². The highest BCUT2D eigenvalue weighted by molar-refractivity contribution is 6.16. The zero-order valence-electron chi connectivity index (χ0n) is 10.1. The monoisotopic (exact) mass is 289 g/mol. The van der Waals surface area contributed by atoms with Gasteiger partial charge >= 0.3 is 0 Å². The van der Waals surface area contributed by atoms with Crippen molar-refractivity contribution in [2.24, 2.45) is 0 Å². The molecule has 0 unspecified atom stereocenters. The summed E-state index contributed by atoms with van der Waals surface area (Å²) in [5.41, 5.74) is 0.133. The first kappa shape index (κ1) is 13.9. The van der Waals surface area contributed by atoms with Gasteiger partial charge in [0.15, 0.2) is 23.3 Å². The molecule has 0 radical (unpaired) electrons. The van der Waals surface area contributed by atoms with E-state index in [1.54, 1.807) is 4.57 Å². The molecule has 7 heteroatoms. The first-order valence-corrected chi connectivity index (χ1v) is 6.24. The molecule has 0 aliphatic rings.